The highest BCUT2D eigenvalue weighted by Gasteiger charge is 2.28. The highest BCUT2D eigenvalue weighted by molar-refractivity contribution is 6.14. The van der Waals surface area contributed by atoms with E-state index in [1.54, 1.807) is 4.90 Å². The van der Waals surface area contributed by atoms with E-state index in [9.17, 15) is 9.90 Å². The van der Waals surface area contributed by atoms with E-state index in [-0.39, 0.29) is 24.6 Å². The summed E-state index contributed by atoms with van der Waals surface area (Å²) in [4.78, 5) is 19.1. The van der Waals surface area contributed by atoms with E-state index < -0.39 is 0 Å². The van der Waals surface area contributed by atoms with Gasteiger partial charge in [0.15, 0.2) is 0 Å². The van der Waals surface area contributed by atoms with Crippen LogP contribution in [0.3, 0.4) is 0 Å². The molecule has 2 aliphatic heterocycles. The molecular weight excluding hydrogens is 432 g/mol. The molecule has 2 aromatic carbocycles. The second-order valence-corrected chi connectivity index (χ2v) is 8.79. The number of hydrogen-bond acceptors (Lipinski definition) is 6. The summed E-state index contributed by atoms with van der Waals surface area (Å²) in [5.74, 6) is 0.214. The highest BCUT2D eigenvalue weighted by atomic mass is 16.6. The monoisotopic (exact) mass is 462 g/mol. The van der Waals surface area contributed by atoms with Crippen LogP contribution < -0.4 is 5.73 Å². The van der Waals surface area contributed by atoms with E-state index in [2.05, 4.69) is 0 Å². The van der Waals surface area contributed by atoms with Crippen LogP contribution in [0.4, 0.5) is 10.5 Å². The number of hydrogen-bond donors (Lipinski definition) is 2. The van der Waals surface area contributed by atoms with Crippen LogP contribution >= 0.6 is 0 Å². The molecule has 8 nitrogen and oxygen atoms in total. The molecule has 1 aromatic heterocycles. The third kappa shape index (κ3) is 4.46. The molecular formula is C26H30N4O4. The van der Waals surface area contributed by atoms with Crippen molar-refractivity contribution in [3.8, 4) is 5.88 Å². The average Bonchev–Trinajstić information content (AvgIpc) is 3.00. The van der Waals surface area contributed by atoms with Gasteiger partial charge in [0, 0.05) is 55.6 Å². The van der Waals surface area contributed by atoms with Gasteiger partial charge < -0.3 is 29.8 Å². The molecule has 0 spiro atoms. The van der Waals surface area contributed by atoms with Crippen molar-refractivity contribution in [3.63, 3.8) is 0 Å². The predicted molar refractivity (Wildman–Crippen MR) is 131 cm³/mol. The molecule has 0 aliphatic carbocycles. The van der Waals surface area contributed by atoms with Crippen LogP contribution in [-0.2, 0) is 16.1 Å². The van der Waals surface area contributed by atoms with Crippen LogP contribution in [0.1, 0.15) is 36.4 Å². The Bertz CT molecular complexity index is 1200. The fourth-order valence-corrected chi connectivity index (χ4v) is 4.85. The van der Waals surface area contributed by atoms with Gasteiger partial charge in [0.2, 0.25) is 5.88 Å². The minimum atomic E-state index is -0.349. The Morgan fingerprint density at radius 1 is 1.15 bits per heavy atom. The summed E-state index contributed by atoms with van der Waals surface area (Å²) in [7, 11) is 0. The Hall–Kier alpha value is -3.52. The number of aliphatic imine (C=N–C) groups is 1. The van der Waals surface area contributed by atoms with Gasteiger partial charge >= 0.3 is 6.09 Å². The molecule has 0 bridgehead atoms. The van der Waals surface area contributed by atoms with Crippen molar-refractivity contribution in [3.05, 3.63) is 59.7 Å². The Balaban J connectivity index is 1.37. The molecule has 0 unspecified atom stereocenters. The number of amides is 1. The highest BCUT2D eigenvalue weighted by Crippen LogP contribution is 2.39. The first-order valence-electron chi connectivity index (χ1n) is 11.8. The fourth-order valence-electron chi connectivity index (χ4n) is 4.85. The van der Waals surface area contributed by atoms with Crippen molar-refractivity contribution in [2.75, 3.05) is 38.6 Å². The molecule has 1 fully saturated rings. The molecule has 3 aromatic rings. The van der Waals surface area contributed by atoms with E-state index >= 15 is 0 Å². The van der Waals surface area contributed by atoms with Crippen LogP contribution in [0.25, 0.3) is 10.9 Å². The quantitative estimate of drug-likeness (QED) is 0.568. The van der Waals surface area contributed by atoms with Crippen molar-refractivity contribution in [2.45, 2.75) is 31.9 Å². The molecule has 3 N–H and O–H groups in total. The van der Waals surface area contributed by atoms with Crippen LogP contribution in [0.5, 0.6) is 5.88 Å². The molecule has 8 heteroatoms. The minimum absolute atomic E-state index is 0.157. The van der Waals surface area contributed by atoms with Gasteiger partial charge in [-0.15, -0.1) is 0 Å². The van der Waals surface area contributed by atoms with Crippen molar-refractivity contribution >= 4 is 28.4 Å². The lowest BCUT2D eigenvalue weighted by Crippen LogP contribution is -2.34. The van der Waals surface area contributed by atoms with Gasteiger partial charge in [-0.2, -0.15) is 0 Å². The number of ether oxygens (including phenoxy) is 2. The zero-order valence-corrected chi connectivity index (χ0v) is 19.2. The number of nitrogens with zero attached hydrogens (tertiary/aromatic N) is 3. The maximum Gasteiger partial charge on any atom is 0.410 e. The zero-order valence-electron chi connectivity index (χ0n) is 19.2. The lowest BCUT2D eigenvalue weighted by Gasteiger charge is -2.25. The second-order valence-electron chi connectivity index (χ2n) is 8.79. The zero-order chi connectivity index (χ0) is 23.5. The number of aromatic nitrogens is 1. The van der Waals surface area contributed by atoms with Gasteiger partial charge in [-0.25, -0.2) is 4.79 Å². The predicted octanol–water partition coefficient (Wildman–Crippen LogP) is 4.11. The van der Waals surface area contributed by atoms with Crippen LogP contribution in [-0.4, -0.2) is 59.2 Å². The normalized spacial score (nSPS) is 17.4. The summed E-state index contributed by atoms with van der Waals surface area (Å²) >= 11 is 0. The SMILES string of the molecule is Nc1ccc2c(c1)c(C1=NCCN(C(=O)OCc3ccccc3)CC1)c(O)n2C1CCOCC1. The molecule has 0 saturated carbocycles. The first-order valence-corrected chi connectivity index (χ1v) is 11.8. The van der Waals surface area contributed by atoms with E-state index in [1.807, 2.05) is 53.1 Å². The third-order valence-electron chi connectivity index (χ3n) is 6.60. The summed E-state index contributed by atoms with van der Waals surface area (Å²) in [6.07, 6.45) is 1.86. The number of nitrogen functional groups attached to an aromatic ring is 1. The van der Waals surface area contributed by atoms with Gasteiger partial charge in [-0.1, -0.05) is 30.3 Å². The van der Waals surface area contributed by atoms with Crippen molar-refractivity contribution in [1.82, 2.24) is 9.47 Å². The largest absolute Gasteiger partial charge is 0.494 e. The van der Waals surface area contributed by atoms with E-state index in [0.29, 0.717) is 50.5 Å². The Morgan fingerprint density at radius 3 is 2.74 bits per heavy atom. The molecule has 34 heavy (non-hydrogen) atoms. The second kappa shape index (κ2) is 9.77. The number of carbonyl (C=O) groups excluding carboxylic acids is 1. The molecule has 0 atom stereocenters. The summed E-state index contributed by atoms with van der Waals surface area (Å²) in [5, 5.41) is 12.3. The lowest BCUT2D eigenvalue weighted by molar-refractivity contribution is 0.0688. The Morgan fingerprint density at radius 2 is 1.94 bits per heavy atom. The molecule has 0 radical (unpaired) electrons. The first kappa shape index (κ1) is 22.3. The number of rotatable bonds is 4. The van der Waals surface area contributed by atoms with Gasteiger partial charge in [0.1, 0.15) is 6.61 Å². The number of benzene rings is 2. The van der Waals surface area contributed by atoms with Gasteiger partial charge in [0.05, 0.1) is 17.6 Å². The fraction of sp³-hybridized carbons (Fsp3) is 0.385. The van der Waals surface area contributed by atoms with Crippen molar-refractivity contribution in [2.24, 2.45) is 4.99 Å². The van der Waals surface area contributed by atoms with Crippen LogP contribution in [0.15, 0.2) is 53.5 Å². The van der Waals surface area contributed by atoms with E-state index in [0.717, 1.165) is 35.0 Å². The number of anilines is 1. The van der Waals surface area contributed by atoms with Crippen LogP contribution in [0, 0.1) is 0 Å². The van der Waals surface area contributed by atoms with Gasteiger partial charge in [-0.3, -0.25) is 4.99 Å². The molecule has 3 heterocycles. The minimum Gasteiger partial charge on any atom is -0.494 e. The van der Waals surface area contributed by atoms with Crippen molar-refractivity contribution in [1.29, 1.82) is 0 Å². The number of fused-ring (bicyclic) bond motifs is 1. The van der Waals surface area contributed by atoms with Crippen LogP contribution in [0.2, 0.25) is 0 Å². The molecule has 2 aliphatic rings. The van der Waals surface area contributed by atoms with E-state index in [1.165, 1.54) is 0 Å². The molecule has 1 amide bonds. The molecule has 178 valence electrons. The van der Waals surface area contributed by atoms with Gasteiger partial charge in [-0.05, 0) is 36.6 Å². The number of aromatic hydroxyl groups is 1. The maximum absolute atomic E-state index is 12.7. The van der Waals surface area contributed by atoms with Crippen molar-refractivity contribution < 1.29 is 19.4 Å². The summed E-state index contributed by atoms with van der Waals surface area (Å²) in [5.41, 5.74) is 10.2. The lowest BCUT2D eigenvalue weighted by atomic mass is 10.0. The average molecular weight is 463 g/mol. The molecule has 5 rings (SSSR count). The first-order chi connectivity index (χ1) is 16.6. The standard InChI is InChI=1S/C26H30N4O4/c27-19-6-7-23-21(16-19)24(25(31)30(23)20-9-14-33-15-10-20)22-8-12-29(13-11-28-22)26(32)34-17-18-4-2-1-3-5-18/h1-7,16,20,31H,8-15,17,27H2. The van der Waals surface area contributed by atoms with E-state index in [4.69, 9.17) is 20.2 Å². The Kier molecular flexibility index (Phi) is 6.40. The van der Waals surface area contributed by atoms with Gasteiger partial charge in [0.25, 0.3) is 0 Å². The summed E-state index contributed by atoms with van der Waals surface area (Å²) in [6.45, 7) is 2.98. The smallest absolute Gasteiger partial charge is 0.410 e. The summed E-state index contributed by atoms with van der Waals surface area (Å²) < 4.78 is 13.0. The topological polar surface area (TPSA) is 102 Å². The Labute approximate surface area is 198 Å². The summed E-state index contributed by atoms with van der Waals surface area (Å²) in [6, 6.07) is 15.5. The number of carbonyl (C=O) groups is 1. The third-order valence-corrected chi connectivity index (χ3v) is 6.60. The molecule has 1 saturated heterocycles. The number of nitrogens with two attached hydrogens (primary N) is 1. The maximum atomic E-state index is 12.7.